The molecule has 0 bridgehead atoms. The molecule has 0 saturated carbocycles. The Morgan fingerprint density at radius 1 is 1.20 bits per heavy atom. The molecule has 0 aliphatic heterocycles. The molecule has 0 saturated heterocycles. The summed E-state index contributed by atoms with van der Waals surface area (Å²) in [5.74, 6) is -0.0202. The largest absolute Gasteiger partial charge is 0.507 e. The molecule has 2 N–H and O–H groups in total. The number of hydrogen-bond acceptors (Lipinski definition) is 3. The summed E-state index contributed by atoms with van der Waals surface area (Å²) >= 11 is 0. The highest BCUT2D eigenvalue weighted by molar-refractivity contribution is 5.86. The van der Waals surface area contributed by atoms with Crippen LogP contribution in [0.15, 0.2) is 53.6 Å². The van der Waals surface area contributed by atoms with Gasteiger partial charge in [-0.05, 0) is 24.1 Å². The maximum absolute atomic E-state index is 11.7. The molecule has 0 spiro atoms. The van der Waals surface area contributed by atoms with E-state index in [-0.39, 0.29) is 18.1 Å². The number of aromatic hydroxyl groups is 1. The van der Waals surface area contributed by atoms with Crippen LogP contribution >= 0.6 is 0 Å². The van der Waals surface area contributed by atoms with E-state index in [4.69, 9.17) is 0 Å². The number of rotatable bonds is 4. The third-order valence-electron chi connectivity index (χ3n) is 2.87. The summed E-state index contributed by atoms with van der Waals surface area (Å²) < 4.78 is 0. The normalized spacial score (nSPS) is 10.7. The van der Waals surface area contributed by atoms with Gasteiger partial charge in [-0.1, -0.05) is 42.5 Å². The van der Waals surface area contributed by atoms with Crippen LogP contribution in [0, 0.1) is 6.92 Å². The molecule has 2 aromatic rings. The first-order chi connectivity index (χ1) is 9.66. The smallest absolute Gasteiger partial charge is 0.244 e. The van der Waals surface area contributed by atoms with E-state index in [2.05, 4.69) is 10.5 Å². The number of amides is 1. The van der Waals surface area contributed by atoms with Gasteiger partial charge in [-0.15, -0.1) is 0 Å². The lowest BCUT2D eigenvalue weighted by Gasteiger charge is -2.02. The molecule has 2 aromatic carbocycles. The minimum Gasteiger partial charge on any atom is -0.507 e. The maximum Gasteiger partial charge on any atom is 0.244 e. The van der Waals surface area contributed by atoms with Crippen LogP contribution in [0.25, 0.3) is 0 Å². The zero-order valence-corrected chi connectivity index (χ0v) is 11.2. The predicted molar refractivity (Wildman–Crippen MR) is 78.7 cm³/mol. The topological polar surface area (TPSA) is 61.7 Å². The number of hydrazone groups is 1. The molecule has 0 fully saturated rings. The molecular weight excluding hydrogens is 252 g/mol. The first-order valence-corrected chi connectivity index (χ1v) is 6.31. The number of carbonyl (C=O) groups excluding carboxylic acids is 1. The number of phenols is 1. The summed E-state index contributed by atoms with van der Waals surface area (Å²) in [6.07, 6.45) is 1.71. The van der Waals surface area contributed by atoms with Gasteiger partial charge in [0.1, 0.15) is 5.75 Å². The second-order valence-electron chi connectivity index (χ2n) is 4.47. The van der Waals surface area contributed by atoms with E-state index < -0.39 is 0 Å². The van der Waals surface area contributed by atoms with Gasteiger partial charge in [0.25, 0.3) is 0 Å². The fourth-order valence-corrected chi connectivity index (χ4v) is 1.78. The molecule has 0 atom stereocenters. The van der Waals surface area contributed by atoms with Crippen molar-refractivity contribution in [2.45, 2.75) is 13.3 Å². The summed E-state index contributed by atoms with van der Waals surface area (Å²) in [6, 6.07) is 14.8. The van der Waals surface area contributed by atoms with E-state index in [1.807, 2.05) is 36.4 Å². The van der Waals surface area contributed by atoms with Crippen molar-refractivity contribution in [2.75, 3.05) is 0 Å². The Balaban J connectivity index is 1.93. The van der Waals surface area contributed by atoms with Crippen molar-refractivity contribution in [3.8, 4) is 5.75 Å². The summed E-state index contributed by atoms with van der Waals surface area (Å²) in [7, 11) is 0. The molecule has 4 nitrogen and oxygen atoms in total. The van der Waals surface area contributed by atoms with Crippen LogP contribution in [0.5, 0.6) is 5.75 Å². The van der Waals surface area contributed by atoms with Crippen molar-refractivity contribution < 1.29 is 9.90 Å². The van der Waals surface area contributed by atoms with Gasteiger partial charge >= 0.3 is 0 Å². The van der Waals surface area contributed by atoms with Crippen LogP contribution in [-0.4, -0.2) is 17.2 Å². The Morgan fingerprint density at radius 3 is 2.70 bits per heavy atom. The molecule has 102 valence electrons. The molecule has 0 unspecified atom stereocenters. The first kappa shape index (κ1) is 13.8. The molecule has 0 aliphatic rings. The van der Waals surface area contributed by atoms with E-state index in [0.717, 1.165) is 11.1 Å². The number of benzene rings is 2. The fraction of sp³-hybridized carbons (Fsp3) is 0.125. The Morgan fingerprint density at radius 2 is 1.95 bits per heavy atom. The molecule has 4 heteroatoms. The van der Waals surface area contributed by atoms with Crippen molar-refractivity contribution in [3.05, 3.63) is 65.2 Å². The predicted octanol–water partition coefficient (Wildman–Crippen LogP) is 2.39. The van der Waals surface area contributed by atoms with E-state index in [0.29, 0.717) is 5.56 Å². The van der Waals surface area contributed by atoms with E-state index in [1.165, 1.54) is 6.21 Å². The lowest BCUT2D eigenvalue weighted by Crippen LogP contribution is -2.19. The van der Waals surface area contributed by atoms with Crippen LogP contribution in [0.3, 0.4) is 0 Å². The number of hydrogen-bond donors (Lipinski definition) is 2. The third kappa shape index (κ3) is 3.68. The fourth-order valence-electron chi connectivity index (χ4n) is 1.78. The minimum atomic E-state index is -0.195. The molecule has 0 aromatic heterocycles. The SMILES string of the molecule is Cc1cccc(C=NNC(=O)Cc2ccccc2)c1O. The van der Waals surface area contributed by atoms with Crippen LogP contribution in [0.4, 0.5) is 0 Å². The van der Waals surface area contributed by atoms with E-state index >= 15 is 0 Å². The summed E-state index contributed by atoms with van der Waals surface area (Å²) in [5, 5.41) is 13.6. The van der Waals surface area contributed by atoms with Crippen LogP contribution < -0.4 is 5.43 Å². The minimum absolute atomic E-state index is 0.175. The van der Waals surface area contributed by atoms with Gasteiger partial charge in [0.15, 0.2) is 0 Å². The number of phenolic OH excluding ortho intramolecular Hbond substituents is 1. The monoisotopic (exact) mass is 268 g/mol. The zero-order chi connectivity index (χ0) is 14.4. The maximum atomic E-state index is 11.7. The second kappa shape index (κ2) is 6.52. The average molecular weight is 268 g/mol. The molecule has 1 amide bonds. The highest BCUT2D eigenvalue weighted by atomic mass is 16.3. The van der Waals surface area contributed by atoms with Crippen LogP contribution in [0.2, 0.25) is 0 Å². The average Bonchev–Trinajstić information content (AvgIpc) is 2.44. The van der Waals surface area contributed by atoms with Crippen LogP contribution in [0.1, 0.15) is 16.7 Å². The van der Waals surface area contributed by atoms with Gasteiger partial charge < -0.3 is 5.11 Å². The third-order valence-corrected chi connectivity index (χ3v) is 2.87. The number of nitrogens with zero attached hydrogens (tertiary/aromatic N) is 1. The van der Waals surface area contributed by atoms with Gasteiger partial charge in [0.05, 0.1) is 12.6 Å². The highest BCUT2D eigenvalue weighted by Crippen LogP contribution is 2.19. The van der Waals surface area contributed by atoms with Gasteiger partial charge in [0, 0.05) is 5.56 Å². The van der Waals surface area contributed by atoms with Gasteiger partial charge in [-0.3, -0.25) is 4.79 Å². The quantitative estimate of drug-likeness (QED) is 0.660. The molecular formula is C16H16N2O2. The Labute approximate surface area is 117 Å². The lowest BCUT2D eigenvalue weighted by atomic mass is 10.1. The van der Waals surface area contributed by atoms with Crippen molar-refractivity contribution in [2.24, 2.45) is 5.10 Å². The van der Waals surface area contributed by atoms with Gasteiger partial charge in [0.2, 0.25) is 5.91 Å². The lowest BCUT2D eigenvalue weighted by molar-refractivity contribution is -0.120. The molecule has 20 heavy (non-hydrogen) atoms. The summed E-state index contributed by atoms with van der Waals surface area (Å²) in [5.41, 5.74) is 4.72. The first-order valence-electron chi connectivity index (χ1n) is 6.31. The number of carbonyl (C=O) groups is 1. The zero-order valence-electron chi connectivity index (χ0n) is 11.2. The molecule has 2 rings (SSSR count). The van der Waals surface area contributed by atoms with Crippen LogP contribution in [-0.2, 0) is 11.2 Å². The molecule has 0 radical (unpaired) electrons. The van der Waals surface area contributed by atoms with Crippen molar-refractivity contribution in [1.29, 1.82) is 0 Å². The highest BCUT2D eigenvalue weighted by Gasteiger charge is 2.02. The van der Waals surface area contributed by atoms with Gasteiger partial charge in [-0.25, -0.2) is 5.43 Å². The number of aryl methyl sites for hydroxylation is 1. The Hall–Kier alpha value is -2.62. The summed E-state index contributed by atoms with van der Waals surface area (Å²) in [6.45, 7) is 1.81. The number of para-hydroxylation sites is 1. The van der Waals surface area contributed by atoms with Crippen molar-refractivity contribution in [1.82, 2.24) is 5.43 Å². The Kier molecular flexibility index (Phi) is 4.50. The summed E-state index contributed by atoms with van der Waals surface area (Å²) in [4.78, 5) is 11.7. The number of nitrogens with one attached hydrogen (secondary N) is 1. The molecule has 0 aliphatic carbocycles. The second-order valence-corrected chi connectivity index (χ2v) is 4.47. The van der Waals surface area contributed by atoms with E-state index in [9.17, 15) is 9.90 Å². The van der Waals surface area contributed by atoms with E-state index in [1.54, 1.807) is 19.1 Å². The van der Waals surface area contributed by atoms with Crippen molar-refractivity contribution in [3.63, 3.8) is 0 Å². The van der Waals surface area contributed by atoms with Gasteiger partial charge in [-0.2, -0.15) is 5.10 Å². The molecule has 0 heterocycles. The standard InChI is InChI=1S/C16H16N2O2/c1-12-6-5-9-14(16(12)20)11-17-18-15(19)10-13-7-3-2-4-8-13/h2-9,11,20H,10H2,1H3,(H,18,19). The van der Waals surface area contributed by atoms with Crippen molar-refractivity contribution >= 4 is 12.1 Å². The Bertz CT molecular complexity index is 622.